The van der Waals surface area contributed by atoms with Crippen LogP contribution in [-0.2, 0) is 16.1 Å². The Balaban J connectivity index is 1.33. The molecule has 9 heteroatoms. The summed E-state index contributed by atoms with van der Waals surface area (Å²) in [4.78, 5) is 28.5. The lowest BCUT2D eigenvalue weighted by molar-refractivity contribution is -0.120. The van der Waals surface area contributed by atoms with Crippen LogP contribution in [0, 0.1) is 11.7 Å². The first-order valence-electron chi connectivity index (χ1n) is 13.6. The number of halogens is 1. The van der Waals surface area contributed by atoms with Crippen molar-refractivity contribution in [3.05, 3.63) is 120 Å². The molecule has 5 aromatic rings. The minimum absolute atomic E-state index is 0.118. The van der Waals surface area contributed by atoms with Crippen molar-refractivity contribution in [1.29, 1.82) is 0 Å². The number of benzene rings is 4. The molecule has 6 rings (SSSR count). The third kappa shape index (κ3) is 5.16. The molecule has 1 aromatic heterocycles. The molecule has 1 aliphatic heterocycles. The Bertz CT molecular complexity index is 1720. The summed E-state index contributed by atoms with van der Waals surface area (Å²) >= 11 is 0. The topological polar surface area (TPSA) is 85.7 Å². The number of aromatic nitrogens is 2. The van der Waals surface area contributed by atoms with E-state index in [0.29, 0.717) is 11.4 Å². The zero-order valence-corrected chi connectivity index (χ0v) is 23.1. The van der Waals surface area contributed by atoms with Gasteiger partial charge in [0.05, 0.1) is 42.5 Å². The second-order valence-corrected chi connectivity index (χ2v) is 10.2. The molecule has 0 spiro atoms. The lowest BCUT2D eigenvalue weighted by atomic mass is 9.94. The molecule has 2 amide bonds. The number of methoxy groups -OCH3 is 1. The Kier molecular flexibility index (Phi) is 7.31. The number of rotatable bonds is 7. The van der Waals surface area contributed by atoms with Crippen LogP contribution in [0.15, 0.2) is 103 Å². The number of fused-ring (bicyclic) bond motifs is 1. The Morgan fingerprint density at radius 1 is 0.952 bits per heavy atom. The minimum atomic E-state index is -0.597. The van der Waals surface area contributed by atoms with Crippen LogP contribution in [0.2, 0.25) is 0 Å². The fraction of sp³-hybridized carbons (Fsp3) is 0.182. The molecule has 0 unspecified atom stereocenters. The molecular weight excluding hydrogens is 535 g/mol. The van der Waals surface area contributed by atoms with Gasteiger partial charge >= 0.3 is 6.09 Å². The monoisotopic (exact) mass is 564 g/mol. The van der Waals surface area contributed by atoms with Gasteiger partial charge in [0.15, 0.2) is 0 Å². The summed E-state index contributed by atoms with van der Waals surface area (Å²) in [6.45, 7) is 1.93. The van der Waals surface area contributed by atoms with Gasteiger partial charge in [0.1, 0.15) is 18.2 Å². The summed E-state index contributed by atoms with van der Waals surface area (Å²) in [5.41, 5.74) is 3.90. The molecule has 1 fully saturated rings. The Morgan fingerprint density at radius 3 is 2.38 bits per heavy atom. The molecule has 0 bridgehead atoms. The average molecular weight is 565 g/mol. The summed E-state index contributed by atoms with van der Waals surface area (Å²) in [6.07, 6.45) is 1.12. The van der Waals surface area contributed by atoms with Gasteiger partial charge in [-0.3, -0.25) is 4.79 Å². The van der Waals surface area contributed by atoms with Crippen LogP contribution in [-0.4, -0.2) is 34.9 Å². The minimum Gasteiger partial charge on any atom is -0.497 e. The van der Waals surface area contributed by atoms with E-state index < -0.39 is 24.1 Å². The zero-order valence-electron chi connectivity index (χ0n) is 23.1. The highest BCUT2D eigenvalue weighted by Crippen LogP contribution is 2.41. The molecule has 4 aromatic carbocycles. The van der Waals surface area contributed by atoms with E-state index in [0.717, 1.165) is 27.7 Å². The van der Waals surface area contributed by atoms with Gasteiger partial charge in [0.2, 0.25) is 5.91 Å². The SMILES string of the molecule is COc1ccc([C@@H]2[C@@H](NC(=O)OCc3ccccc3)[C@@H](C)C(=O)N2c2ccc3c(cnn3-c3ccc(F)cc3)c2)cc1. The molecule has 0 radical (unpaired) electrons. The van der Waals surface area contributed by atoms with Gasteiger partial charge in [-0.25, -0.2) is 13.9 Å². The first-order chi connectivity index (χ1) is 20.4. The fourth-order valence-electron chi connectivity index (χ4n) is 5.45. The van der Waals surface area contributed by atoms with E-state index in [1.807, 2.05) is 79.7 Å². The van der Waals surface area contributed by atoms with Crippen molar-refractivity contribution >= 4 is 28.6 Å². The molecule has 1 aliphatic rings. The number of hydrogen-bond donors (Lipinski definition) is 1. The van der Waals surface area contributed by atoms with Gasteiger partial charge in [-0.1, -0.05) is 49.4 Å². The second kappa shape index (κ2) is 11.4. The van der Waals surface area contributed by atoms with Gasteiger partial charge in [-0.2, -0.15) is 5.10 Å². The third-order valence-corrected chi connectivity index (χ3v) is 7.64. The van der Waals surface area contributed by atoms with Crippen molar-refractivity contribution in [3.63, 3.8) is 0 Å². The Hall–Kier alpha value is -5.18. The average Bonchev–Trinajstić information content (AvgIpc) is 3.55. The highest BCUT2D eigenvalue weighted by molar-refractivity contribution is 6.01. The maximum absolute atomic E-state index is 13.8. The molecule has 8 nitrogen and oxygen atoms in total. The van der Waals surface area contributed by atoms with E-state index in [4.69, 9.17) is 9.47 Å². The zero-order chi connectivity index (χ0) is 29.2. The van der Waals surface area contributed by atoms with Gasteiger partial charge in [0.25, 0.3) is 0 Å². The number of carbonyl (C=O) groups excluding carboxylic acids is 2. The number of ether oxygens (including phenoxy) is 2. The summed E-state index contributed by atoms with van der Waals surface area (Å²) in [7, 11) is 1.59. The van der Waals surface area contributed by atoms with E-state index in [-0.39, 0.29) is 18.3 Å². The third-order valence-electron chi connectivity index (χ3n) is 7.64. The van der Waals surface area contributed by atoms with Crippen LogP contribution in [0.4, 0.5) is 14.9 Å². The number of amides is 2. The van der Waals surface area contributed by atoms with E-state index in [9.17, 15) is 14.0 Å². The van der Waals surface area contributed by atoms with Crippen molar-refractivity contribution < 1.29 is 23.5 Å². The van der Waals surface area contributed by atoms with Crippen LogP contribution in [0.1, 0.15) is 24.1 Å². The molecule has 1 saturated heterocycles. The molecular formula is C33H29FN4O4. The van der Waals surface area contributed by atoms with Gasteiger partial charge < -0.3 is 19.7 Å². The first-order valence-corrected chi connectivity index (χ1v) is 13.6. The smallest absolute Gasteiger partial charge is 0.407 e. The lowest BCUT2D eigenvalue weighted by Gasteiger charge is -2.29. The Labute approximate surface area is 242 Å². The van der Waals surface area contributed by atoms with Crippen molar-refractivity contribution in [3.8, 4) is 11.4 Å². The van der Waals surface area contributed by atoms with Crippen LogP contribution >= 0.6 is 0 Å². The molecule has 212 valence electrons. The number of alkyl carbamates (subject to hydrolysis) is 1. The predicted molar refractivity (Wildman–Crippen MR) is 157 cm³/mol. The highest BCUT2D eigenvalue weighted by atomic mass is 19.1. The quantitative estimate of drug-likeness (QED) is 0.255. The standard InChI is InChI=1S/C33H29FN4O4/c1-21-30(36-33(40)42-20-22-6-4-3-5-7-22)31(23-8-15-28(41-2)16-9-23)37(32(21)39)27-14-17-29-24(18-27)19-35-38(29)26-12-10-25(34)11-13-26/h3-19,21,30-31H,20H2,1-2H3,(H,36,40)/t21-,30+,31-/m1/s1. The van der Waals surface area contributed by atoms with Crippen molar-refractivity contribution in [2.75, 3.05) is 12.0 Å². The van der Waals surface area contributed by atoms with Crippen LogP contribution < -0.4 is 15.0 Å². The molecule has 0 aliphatic carbocycles. The number of nitrogens with one attached hydrogen (secondary N) is 1. The number of hydrogen-bond acceptors (Lipinski definition) is 5. The van der Waals surface area contributed by atoms with Crippen LogP contribution in [0.3, 0.4) is 0 Å². The van der Waals surface area contributed by atoms with E-state index in [1.165, 1.54) is 12.1 Å². The van der Waals surface area contributed by atoms with Gasteiger partial charge in [0, 0.05) is 11.1 Å². The maximum Gasteiger partial charge on any atom is 0.407 e. The maximum atomic E-state index is 13.8. The number of nitrogens with zero attached hydrogens (tertiary/aromatic N) is 3. The van der Waals surface area contributed by atoms with E-state index in [1.54, 1.807) is 35.0 Å². The number of carbonyl (C=O) groups is 2. The number of anilines is 1. The molecule has 3 atom stereocenters. The highest BCUT2D eigenvalue weighted by Gasteiger charge is 2.48. The van der Waals surface area contributed by atoms with Crippen molar-refractivity contribution in [2.45, 2.75) is 25.6 Å². The van der Waals surface area contributed by atoms with Gasteiger partial charge in [-0.15, -0.1) is 0 Å². The normalized spacial score (nSPS) is 18.3. The van der Waals surface area contributed by atoms with E-state index >= 15 is 0 Å². The van der Waals surface area contributed by atoms with Gasteiger partial charge in [-0.05, 0) is 65.7 Å². The van der Waals surface area contributed by atoms with E-state index in [2.05, 4.69) is 10.4 Å². The molecule has 2 heterocycles. The van der Waals surface area contributed by atoms with Crippen LogP contribution in [0.5, 0.6) is 5.75 Å². The summed E-state index contributed by atoms with van der Waals surface area (Å²) in [5.74, 6) is -0.298. The van der Waals surface area contributed by atoms with Crippen molar-refractivity contribution in [1.82, 2.24) is 15.1 Å². The second-order valence-electron chi connectivity index (χ2n) is 10.2. The lowest BCUT2D eigenvalue weighted by Crippen LogP contribution is -2.42. The molecule has 0 saturated carbocycles. The summed E-state index contributed by atoms with van der Waals surface area (Å²) < 4.78 is 26.1. The van der Waals surface area contributed by atoms with Crippen molar-refractivity contribution in [2.24, 2.45) is 5.92 Å². The summed E-state index contributed by atoms with van der Waals surface area (Å²) in [5, 5.41) is 8.28. The molecule has 42 heavy (non-hydrogen) atoms. The predicted octanol–water partition coefficient (Wildman–Crippen LogP) is 6.19. The summed E-state index contributed by atoms with van der Waals surface area (Å²) in [6, 6.07) is 27.6. The molecule has 1 N–H and O–H groups in total. The Morgan fingerprint density at radius 2 is 1.67 bits per heavy atom. The largest absolute Gasteiger partial charge is 0.497 e. The van der Waals surface area contributed by atoms with Crippen LogP contribution in [0.25, 0.3) is 16.6 Å². The fourth-order valence-corrected chi connectivity index (χ4v) is 5.45. The first kappa shape index (κ1) is 27.0.